The van der Waals surface area contributed by atoms with E-state index in [1.165, 1.54) is 122 Å². The summed E-state index contributed by atoms with van der Waals surface area (Å²) in [5.74, 6) is 0.578. The molecule has 0 aliphatic rings. The lowest BCUT2D eigenvalue weighted by Gasteiger charge is -2.13. The van der Waals surface area contributed by atoms with Gasteiger partial charge in [-0.3, -0.25) is 0 Å². The van der Waals surface area contributed by atoms with E-state index in [1.54, 1.807) is 0 Å². The lowest BCUT2D eigenvalue weighted by Crippen LogP contribution is -2.06. The molecular formula is C23H48O. The summed E-state index contributed by atoms with van der Waals surface area (Å²) in [5.41, 5.74) is 0. The molecule has 0 aromatic carbocycles. The minimum atomic E-state index is 0.409. The highest BCUT2D eigenvalue weighted by Gasteiger charge is 2.06. The quantitative estimate of drug-likeness (QED) is 0.222. The van der Waals surface area contributed by atoms with Gasteiger partial charge in [0.1, 0.15) is 0 Å². The first kappa shape index (κ1) is 24.0. The summed E-state index contributed by atoms with van der Waals surface area (Å²) in [7, 11) is 0. The monoisotopic (exact) mass is 340 g/mol. The van der Waals surface area contributed by atoms with Crippen LogP contribution in [0.3, 0.4) is 0 Å². The van der Waals surface area contributed by atoms with Crippen molar-refractivity contribution in [2.45, 2.75) is 136 Å². The van der Waals surface area contributed by atoms with Gasteiger partial charge in [0, 0.05) is 6.61 Å². The van der Waals surface area contributed by atoms with Crippen LogP contribution in [0.1, 0.15) is 136 Å². The average Bonchev–Trinajstić information content (AvgIpc) is 2.60. The first-order valence-corrected chi connectivity index (χ1v) is 11.5. The molecule has 146 valence electrons. The Morgan fingerprint density at radius 2 is 0.750 bits per heavy atom. The lowest BCUT2D eigenvalue weighted by atomic mass is 9.95. The van der Waals surface area contributed by atoms with E-state index in [-0.39, 0.29) is 0 Å². The molecule has 0 saturated heterocycles. The zero-order chi connectivity index (χ0) is 17.7. The minimum Gasteiger partial charge on any atom is -0.396 e. The van der Waals surface area contributed by atoms with Crippen molar-refractivity contribution in [3.8, 4) is 0 Å². The number of aliphatic hydroxyl groups excluding tert-OH is 1. The van der Waals surface area contributed by atoms with Crippen molar-refractivity contribution >= 4 is 0 Å². The van der Waals surface area contributed by atoms with E-state index in [9.17, 15) is 5.11 Å². The molecule has 0 aromatic heterocycles. The first-order chi connectivity index (χ1) is 11.8. The molecule has 1 atom stereocenters. The van der Waals surface area contributed by atoms with Crippen LogP contribution in [0.4, 0.5) is 0 Å². The summed E-state index contributed by atoms with van der Waals surface area (Å²) >= 11 is 0. The van der Waals surface area contributed by atoms with Gasteiger partial charge in [-0.1, -0.05) is 123 Å². The van der Waals surface area contributed by atoms with Gasteiger partial charge in [0.25, 0.3) is 0 Å². The van der Waals surface area contributed by atoms with Gasteiger partial charge in [-0.05, 0) is 18.8 Å². The third-order valence-corrected chi connectivity index (χ3v) is 5.44. The molecule has 0 heterocycles. The second-order valence-corrected chi connectivity index (χ2v) is 7.93. The van der Waals surface area contributed by atoms with Crippen molar-refractivity contribution < 1.29 is 5.11 Å². The van der Waals surface area contributed by atoms with E-state index in [4.69, 9.17) is 0 Å². The highest BCUT2D eigenvalue weighted by molar-refractivity contribution is 4.59. The van der Waals surface area contributed by atoms with Crippen LogP contribution in [0.25, 0.3) is 0 Å². The summed E-state index contributed by atoms with van der Waals surface area (Å²) in [4.78, 5) is 0. The molecule has 1 unspecified atom stereocenters. The number of hydrogen-bond donors (Lipinski definition) is 1. The molecule has 0 aromatic rings. The van der Waals surface area contributed by atoms with Crippen LogP contribution in [0, 0.1) is 5.92 Å². The van der Waals surface area contributed by atoms with Crippen LogP contribution < -0.4 is 0 Å². The zero-order valence-electron chi connectivity index (χ0n) is 17.2. The highest BCUT2D eigenvalue weighted by atomic mass is 16.3. The predicted octanol–water partition coefficient (Wildman–Crippen LogP) is 8.05. The number of rotatable bonds is 20. The molecule has 0 spiro atoms. The van der Waals surface area contributed by atoms with Crippen LogP contribution in [0.2, 0.25) is 0 Å². The largest absolute Gasteiger partial charge is 0.396 e. The Bertz CT molecular complexity index is 214. The molecule has 24 heavy (non-hydrogen) atoms. The molecular weight excluding hydrogens is 292 g/mol. The molecule has 0 saturated carbocycles. The fourth-order valence-electron chi connectivity index (χ4n) is 3.64. The molecule has 1 nitrogen and oxygen atoms in total. The highest BCUT2D eigenvalue weighted by Crippen LogP contribution is 2.19. The molecule has 1 N–H and O–H groups in total. The van der Waals surface area contributed by atoms with E-state index in [0.717, 1.165) is 0 Å². The topological polar surface area (TPSA) is 20.2 Å². The number of hydrogen-bond acceptors (Lipinski definition) is 1. The van der Waals surface area contributed by atoms with Crippen LogP contribution in [-0.2, 0) is 0 Å². The smallest absolute Gasteiger partial charge is 0.0459 e. The molecule has 0 bridgehead atoms. The van der Waals surface area contributed by atoms with E-state index < -0.39 is 0 Å². The summed E-state index contributed by atoms with van der Waals surface area (Å²) < 4.78 is 0. The zero-order valence-corrected chi connectivity index (χ0v) is 17.2. The maximum absolute atomic E-state index is 9.51. The van der Waals surface area contributed by atoms with E-state index in [0.29, 0.717) is 12.5 Å². The third-order valence-electron chi connectivity index (χ3n) is 5.44. The van der Waals surface area contributed by atoms with Gasteiger partial charge in [0.2, 0.25) is 0 Å². The molecule has 0 aliphatic carbocycles. The van der Waals surface area contributed by atoms with Gasteiger partial charge < -0.3 is 5.11 Å². The van der Waals surface area contributed by atoms with E-state index in [2.05, 4.69) is 13.8 Å². The van der Waals surface area contributed by atoms with Crippen molar-refractivity contribution in [1.82, 2.24) is 0 Å². The molecule has 0 radical (unpaired) electrons. The Morgan fingerprint density at radius 3 is 1.04 bits per heavy atom. The molecule has 0 amide bonds. The summed E-state index contributed by atoms with van der Waals surface area (Å²) in [6, 6.07) is 0. The second-order valence-electron chi connectivity index (χ2n) is 7.93. The summed E-state index contributed by atoms with van der Waals surface area (Å²) in [6.07, 6.45) is 26.3. The Kier molecular flexibility index (Phi) is 21.0. The fraction of sp³-hybridized carbons (Fsp3) is 1.00. The van der Waals surface area contributed by atoms with Gasteiger partial charge in [-0.25, -0.2) is 0 Å². The molecule has 0 aliphatic heterocycles. The van der Waals surface area contributed by atoms with Crippen LogP contribution in [0.5, 0.6) is 0 Å². The van der Waals surface area contributed by atoms with Gasteiger partial charge in [-0.15, -0.1) is 0 Å². The van der Waals surface area contributed by atoms with Crippen molar-refractivity contribution in [3.63, 3.8) is 0 Å². The van der Waals surface area contributed by atoms with Crippen molar-refractivity contribution in [2.75, 3.05) is 6.61 Å². The lowest BCUT2D eigenvalue weighted by molar-refractivity contribution is 0.204. The first-order valence-electron chi connectivity index (χ1n) is 11.5. The molecule has 0 fully saturated rings. The van der Waals surface area contributed by atoms with Gasteiger partial charge in [0.05, 0.1) is 0 Å². The van der Waals surface area contributed by atoms with Crippen LogP contribution >= 0.6 is 0 Å². The minimum absolute atomic E-state index is 0.409. The van der Waals surface area contributed by atoms with Crippen molar-refractivity contribution in [3.05, 3.63) is 0 Å². The standard InChI is InChI=1S/C23H48O/c1-3-5-7-9-10-11-12-13-14-15-17-19-21-23(22-24)20-18-16-8-6-4-2/h23-24H,3-22H2,1-2H3. The Morgan fingerprint density at radius 1 is 0.458 bits per heavy atom. The SMILES string of the molecule is CCCCCCCCCCCCCCC(CO)CCCCCCC. The maximum atomic E-state index is 9.51. The normalized spacial score (nSPS) is 12.6. The number of unbranched alkanes of at least 4 members (excludes halogenated alkanes) is 15. The Balaban J connectivity index is 3.23. The third kappa shape index (κ3) is 18.3. The van der Waals surface area contributed by atoms with Gasteiger partial charge in [-0.2, -0.15) is 0 Å². The van der Waals surface area contributed by atoms with Crippen molar-refractivity contribution in [2.24, 2.45) is 5.92 Å². The van der Waals surface area contributed by atoms with Crippen LogP contribution in [-0.4, -0.2) is 11.7 Å². The van der Waals surface area contributed by atoms with E-state index in [1.807, 2.05) is 0 Å². The summed E-state index contributed by atoms with van der Waals surface area (Å²) in [5, 5.41) is 9.51. The number of aliphatic hydroxyl groups is 1. The van der Waals surface area contributed by atoms with E-state index >= 15 is 0 Å². The average molecular weight is 341 g/mol. The second kappa shape index (κ2) is 21.0. The van der Waals surface area contributed by atoms with Gasteiger partial charge >= 0.3 is 0 Å². The van der Waals surface area contributed by atoms with Gasteiger partial charge in [0.15, 0.2) is 0 Å². The maximum Gasteiger partial charge on any atom is 0.0459 e. The molecule has 1 heteroatoms. The van der Waals surface area contributed by atoms with Crippen LogP contribution in [0.15, 0.2) is 0 Å². The van der Waals surface area contributed by atoms with Crippen molar-refractivity contribution in [1.29, 1.82) is 0 Å². The fourth-order valence-corrected chi connectivity index (χ4v) is 3.64. The molecule has 0 rings (SSSR count). The Hall–Kier alpha value is -0.0400. The Labute approximate surface area is 154 Å². The predicted molar refractivity (Wildman–Crippen MR) is 110 cm³/mol. The summed E-state index contributed by atoms with van der Waals surface area (Å²) in [6.45, 7) is 4.96.